The lowest BCUT2D eigenvalue weighted by Crippen LogP contribution is -2.09. The first-order chi connectivity index (χ1) is 4.97. The molecule has 1 aliphatic rings. The number of hydrogen-bond acceptors (Lipinski definition) is 3. The molecule has 0 spiro atoms. The SMILES string of the molecule is [c]1sccc1N1C=CCO1. The normalized spacial score (nSPS) is 16.6. The molecule has 0 aromatic carbocycles. The second kappa shape index (κ2) is 2.44. The summed E-state index contributed by atoms with van der Waals surface area (Å²) in [6.07, 6.45) is 3.87. The van der Waals surface area contributed by atoms with E-state index in [1.165, 1.54) is 0 Å². The van der Waals surface area contributed by atoms with Crippen molar-refractivity contribution in [3.8, 4) is 0 Å². The molecule has 0 amide bonds. The van der Waals surface area contributed by atoms with Crippen LogP contribution in [0.5, 0.6) is 0 Å². The lowest BCUT2D eigenvalue weighted by Gasteiger charge is -2.10. The molecule has 3 heteroatoms. The fraction of sp³-hybridized carbons (Fsp3) is 0.143. The van der Waals surface area contributed by atoms with Crippen molar-refractivity contribution in [3.63, 3.8) is 0 Å². The maximum atomic E-state index is 5.19. The zero-order chi connectivity index (χ0) is 6.81. The van der Waals surface area contributed by atoms with E-state index in [1.807, 2.05) is 23.7 Å². The van der Waals surface area contributed by atoms with Gasteiger partial charge in [0.15, 0.2) is 0 Å². The molecule has 0 atom stereocenters. The van der Waals surface area contributed by atoms with Crippen LogP contribution in [-0.2, 0) is 4.84 Å². The number of hydroxylamine groups is 1. The molecule has 0 fully saturated rings. The van der Waals surface area contributed by atoms with Gasteiger partial charge in [0.1, 0.15) is 0 Å². The van der Waals surface area contributed by atoms with E-state index in [2.05, 4.69) is 5.38 Å². The van der Waals surface area contributed by atoms with Crippen LogP contribution in [0.15, 0.2) is 23.7 Å². The van der Waals surface area contributed by atoms with E-state index in [-0.39, 0.29) is 0 Å². The van der Waals surface area contributed by atoms with Gasteiger partial charge in [-0.2, -0.15) is 0 Å². The highest BCUT2D eigenvalue weighted by atomic mass is 32.1. The van der Waals surface area contributed by atoms with Gasteiger partial charge in [0.25, 0.3) is 0 Å². The molecule has 10 heavy (non-hydrogen) atoms. The topological polar surface area (TPSA) is 12.5 Å². The summed E-state index contributed by atoms with van der Waals surface area (Å²) < 4.78 is 0. The van der Waals surface area contributed by atoms with Crippen LogP contribution in [0, 0.1) is 5.38 Å². The molecular weight excluding hydrogens is 146 g/mol. The van der Waals surface area contributed by atoms with Crippen LogP contribution in [0.3, 0.4) is 0 Å². The van der Waals surface area contributed by atoms with E-state index in [0.29, 0.717) is 6.61 Å². The first kappa shape index (κ1) is 5.95. The Balaban J connectivity index is 2.20. The fourth-order valence-electron chi connectivity index (χ4n) is 0.800. The summed E-state index contributed by atoms with van der Waals surface area (Å²) in [6, 6.07) is 1.97. The Kier molecular flexibility index (Phi) is 1.45. The second-order valence-corrected chi connectivity index (χ2v) is 2.63. The van der Waals surface area contributed by atoms with Crippen LogP contribution in [0.2, 0.25) is 0 Å². The molecule has 2 heterocycles. The summed E-state index contributed by atoms with van der Waals surface area (Å²) in [6.45, 7) is 0.670. The molecule has 1 aliphatic heterocycles. The lowest BCUT2D eigenvalue weighted by atomic mass is 10.5. The quantitative estimate of drug-likeness (QED) is 0.608. The van der Waals surface area contributed by atoms with Crippen LogP contribution in [0.4, 0.5) is 5.69 Å². The van der Waals surface area contributed by atoms with Gasteiger partial charge in [-0.1, -0.05) is 0 Å². The van der Waals surface area contributed by atoms with Crippen molar-refractivity contribution in [2.24, 2.45) is 0 Å². The minimum atomic E-state index is 0.670. The first-order valence-electron chi connectivity index (χ1n) is 3.01. The van der Waals surface area contributed by atoms with E-state index in [1.54, 1.807) is 16.4 Å². The Hall–Kier alpha value is -0.800. The van der Waals surface area contributed by atoms with Gasteiger partial charge in [0.2, 0.25) is 0 Å². The van der Waals surface area contributed by atoms with E-state index in [9.17, 15) is 0 Å². The van der Waals surface area contributed by atoms with Gasteiger partial charge in [-0.25, -0.2) is 5.06 Å². The largest absolute Gasteiger partial charge is 0.265 e. The van der Waals surface area contributed by atoms with E-state index < -0.39 is 0 Å². The highest BCUT2D eigenvalue weighted by Crippen LogP contribution is 2.19. The second-order valence-electron chi connectivity index (χ2n) is 1.91. The Morgan fingerprint density at radius 3 is 3.30 bits per heavy atom. The number of rotatable bonds is 1. The van der Waals surface area contributed by atoms with Crippen LogP contribution < -0.4 is 5.06 Å². The average molecular weight is 152 g/mol. The Morgan fingerprint density at radius 1 is 1.70 bits per heavy atom. The predicted octanol–water partition coefficient (Wildman–Crippen LogP) is 1.81. The average Bonchev–Trinajstić information content (AvgIpc) is 2.59. The van der Waals surface area contributed by atoms with Crippen LogP contribution in [-0.4, -0.2) is 6.61 Å². The summed E-state index contributed by atoms with van der Waals surface area (Å²) in [4.78, 5) is 5.19. The molecule has 0 saturated heterocycles. The number of thiophene rings is 1. The van der Waals surface area contributed by atoms with E-state index in [0.717, 1.165) is 5.69 Å². The van der Waals surface area contributed by atoms with Crippen LogP contribution in [0.25, 0.3) is 0 Å². The maximum absolute atomic E-state index is 5.19. The Bertz CT molecular complexity index is 230. The van der Waals surface area contributed by atoms with Crippen LogP contribution >= 0.6 is 11.3 Å². The van der Waals surface area contributed by atoms with Gasteiger partial charge in [-0.3, -0.25) is 4.84 Å². The smallest absolute Gasteiger partial charge is 0.0952 e. The van der Waals surface area contributed by atoms with Crippen molar-refractivity contribution in [2.45, 2.75) is 0 Å². The van der Waals surface area contributed by atoms with Gasteiger partial charge in [0.05, 0.1) is 17.7 Å². The lowest BCUT2D eigenvalue weighted by molar-refractivity contribution is 0.180. The molecule has 0 unspecified atom stereocenters. The van der Waals surface area contributed by atoms with Crippen molar-refractivity contribution in [2.75, 3.05) is 11.7 Å². The monoisotopic (exact) mass is 152 g/mol. The third-order valence-electron chi connectivity index (χ3n) is 1.25. The summed E-state index contributed by atoms with van der Waals surface area (Å²) in [7, 11) is 0. The Labute approximate surface area is 63.3 Å². The molecule has 51 valence electrons. The molecule has 2 rings (SSSR count). The molecule has 0 saturated carbocycles. The summed E-state index contributed by atoms with van der Waals surface area (Å²) in [5.41, 5.74) is 0.985. The molecule has 2 nitrogen and oxygen atoms in total. The third kappa shape index (κ3) is 0.936. The van der Waals surface area contributed by atoms with Crippen molar-refractivity contribution in [3.05, 3.63) is 29.1 Å². The molecule has 0 N–H and O–H groups in total. The number of nitrogens with zero attached hydrogens (tertiary/aromatic N) is 1. The van der Waals surface area contributed by atoms with Crippen molar-refractivity contribution < 1.29 is 4.84 Å². The molecule has 1 aromatic heterocycles. The fourth-order valence-corrected chi connectivity index (χ4v) is 1.34. The van der Waals surface area contributed by atoms with Crippen molar-refractivity contribution in [1.29, 1.82) is 0 Å². The third-order valence-corrected chi connectivity index (χ3v) is 1.84. The molecular formula is C7H6NOS. The maximum Gasteiger partial charge on any atom is 0.0952 e. The summed E-state index contributed by atoms with van der Waals surface area (Å²) >= 11 is 1.55. The minimum Gasteiger partial charge on any atom is -0.265 e. The number of hydrogen-bond donors (Lipinski definition) is 0. The molecule has 0 bridgehead atoms. The standard InChI is InChI=1S/C7H6NOS/c1-3-8(9-4-1)7-2-5-10-6-7/h1-3,5H,4H2. The van der Waals surface area contributed by atoms with Crippen LogP contribution in [0.1, 0.15) is 0 Å². The highest BCUT2D eigenvalue weighted by molar-refractivity contribution is 7.07. The van der Waals surface area contributed by atoms with E-state index in [4.69, 9.17) is 4.84 Å². The van der Waals surface area contributed by atoms with Crippen molar-refractivity contribution >= 4 is 17.0 Å². The van der Waals surface area contributed by atoms with Gasteiger partial charge in [-0.15, -0.1) is 11.3 Å². The highest BCUT2D eigenvalue weighted by Gasteiger charge is 2.06. The van der Waals surface area contributed by atoms with Gasteiger partial charge in [0, 0.05) is 6.20 Å². The molecule has 1 radical (unpaired) electrons. The van der Waals surface area contributed by atoms with E-state index >= 15 is 0 Å². The number of anilines is 1. The molecule has 0 aliphatic carbocycles. The van der Waals surface area contributed by atoms with Gasteiger partial charge < -0.3 is 0 Å². The first-order valence-corrected chi connectivity index (χ1v) is 3.89. The zero-order valence-corrected chi connectivity index (χ0v) is 6.10. The Morgan fingerprint density at radius 2 is 2.70 bits per heavy atom. The summed E-state index contributed by atoms with van der Waals surface area (Å²) in [5, 5.41) is 6.77. The van der Waals surface area contributed by atoms with Crippen molar-refractivity contribution in [1.82, 2.24) is 0 Å². The predicted molar refractivity (Wildman–Crippen MR) is 40.7 cm³/mol. The molecule has 1 aromatic rings. The zero-order valence-electron chi connectivity index (χ0n) is 5.28. The summed E-state index contributed by atoms with van der Waals surface area (Å²) in [5.74, 6) is 0. The minimum absolute atomic E-state index is 0.670. The van der Waals surface area contributed by atoms with Gasteiger partial charge >= 0.3 is 0 Å². The van der Waals surface area contributed by atoms with Gasteiger partial charge in [-0.05, 0) is 17.5 Å².